The van der Waals surface area contributed by atoms with Crippen LogP contribution in [0.4, 0.5) is 26.3 Å². The first-order valence-corrected chi connectivity index (χ1v) is 9.30. The summed E-state index contributed by atoms with van der Waals surface area (Å²) in [5.41, 5.74) is 1.35. The van der Waals surface area contributed by atoms with Gasteiger partial charge in [0.2, 0.25) is 0 Å². The molecule has 0 radical (unpaired) electrons. The molecular formula is C20H21BF6O4. The van der Waals surface area contributed by atoms with Crippen molar-refractivity contribution in [2.24, 2.45) is 0 Å². The van der Waals surface area contributed by atoms with Gasteiger partial charge in [-0.1, -0.05) is 39.8 Å². The van der Waals surface area contributed by atoms with Crippen molar-refractivity contribution in [3.63, 3.8) is 0 Å². The van der Waals surface area contributed by atoms with Crippen molar-refractivity contribution in [3.05, 3.63) is 47.5 Å². The van der Waals surface area contributed by atoms with Gasteiger partial charge in [-0.2, -0.15) is 0 Å². The van der Waals surface area contributed by atoms with Gasteiger partial charge in [0.05, 0.1) is 0 Å². The van der Waals surface area contributed by atoms with Crippen LogP contribution in [0, 0.1) is 0 Å². The normalized spacial score (nSPS) is 12.1. The zero-order valence-electron chi connectivity index (χ0n) is 17.2. The van der Waals surface area contributed by atoms with Gasteiger partial charge in [0, 0.05) is 0 Å². The molecule has 0 atom stereocenters. The summed E-state index contributed by atoms with van der Waals surface area (Å²) in [6, 6.07) is 7.84. The molecule has 0 heterocycles. The molecule has 2 rings (SSSR count). The Hall–Kier alpha value is -2.72. The first kappa shape index (κ1) is 24.6. The van der Waals surface area contributed by atoms with Crippen molar-refractivity contribution in [2.75, 3.05) is 0 Å². The van der Waals surface area contributed by atoms with Crippen LogP contribution in [0.15, 0.2) is 36.4 Å². The van der Waals surface area contributed by atoms with Crippen LogP contribution in [0.25, 0.3) is 0 Å². The van der Waals surface area contributed by atoms with Gasteiger partial charge in [0.25, 0.3) is 0 Å². The third-order valence-electron chi connectivity index (χ3n) is 4.15. The zero-order chi connectivity index (χ0) is 23.4. The van der Waals surface area contributed by atoms with Crippen molar-refractivity contribution in [3.8, 4) is 23.0 Å². The van der Waals surface area contributed by atoms with Crippen LogP contribution in [-0.2, 0) is 0 Å². The van der Waals surface area contributed by atoms with Crippen LogP contribution in [-0.4, -0.2) is 20.4 Å². The standard InChI is InChI=1S/C20H21BF6O4/c1-11(2)13-5-7-15(28-19(22,23)24)17(9-13)30-21-31-18-10-14(12(3)4)6-8-16(18)29-20(25,26)27/h5-12,21H,1-4H3. The van der Waals surface area contributed by atoms with Gasteiger partial charge < -0.3 is 18.8 Å². The molecular weight excluding hydrogens is 429 g/mol. The van der Waals surface area contributed by atoms with E-state index in [2.05, 4.69) is 9.47 Å². The van der Waals surface area contributed by atoms with Crippen LogP contribution < -0.4 is 18.8 Å². The average molecular weight is 450 g/mol. The molecule has 0 aliphatic rings. The Morgan fingerprint density at radius 2 is 0.968 bits per heavy atom. The van der Waals surface area contributed by atoms with E-state index < -0.39 is 31.9 Å². The molecule has 170 valence electrons. The molecule has 0 saturated carbocycles. The number of hydrogen-bond donors (Lipinski definition) is 0. The summed E-state index contributed by atoms with van der Waals surface area (Å²) in [7, 11) is -0.675. The van der Waals surface area contributed by atoms with Crippen LogP contribution >= 0.6 is 0 Å². The summed E-state index contributed by atoms with van der Waals surface area (Å²) in [4.78, 5) is 0. The Morgan fingerprint density at radius 3 is 1.26 bits per heavy atom. The predicted molar refractivity (Wildman–Crippen MR) is 103 cm³/mol. The summed E-state index contributed by atoms with van der Waals surface area (Å²) < 4.78 is 94.5. The number of ether oxygens (including phenoxy) is 2. The molecule has 0 amide bonds. The molecule has 4 nitrogen and oxygen atoms in total. The molecule has 0 unspecified atom stereocenters. The van der Waals surface area contributed by atoms with Crippen molar-refractivity contribution in [2.45, 2.75) is 52.3 Å². The molecule has 11 heteroatoms. The first-order valence-electron chi connectivity index (χ1n) is 9.30. The number of hydrogen-bond acceptors (Lipinski definition) is 4. The van der Waals surface area contributed by atoms with Gasteiger partial charge in [-0.05, 0) is 47.2 Å². The largest absolute Gasteiger partial charge is 0.576 e. The van der Waals surface area contributed by atoms with Gasteiger partial charge in [0.15, 0.2) is 11.5 Å². The maximum Gasteiger partial charge on any atom is 0.576 e. The van der Waals surface area contributed by atoms with Crippen molar-refractivity contribution in [1.82, 2.24) is 0 Å². The number of rotatable bonds is 8. The molecule has 0 aliphatic heterocycles. The highest BCUT2D eigenvalue weighted by Crippen LogP contribution is 2.37. The van der Waals surface area contributed by atoms with E-state index in [1.165, 1.54) is 24.3 Å². The Balaban J connectivity index is 2.25. The molecule has 0 fully saturated rings. The van der Waals surface area contributed by atoms with E-state index in [0.29, 0.717) is 11.1 Å². The third-order valence-corrected chi connectivity index (χ3v) is 4.15. The fourth-order valence-electron chi connectivity index (χ4n) is 2.57. The lowest BCUT2D eigenvalue weighted by atomic mass is 10.0. The molecule has 2 aromatic carbocycles. The van der Waals surface area contributed by atoms with Crippen molar-refractivity contribution < 1.29 is 45.1 Å². The van der Waals surface area contributed by atoms with Crippen molar-refractivity contribution >= 4 is 7.69 Å². The minimum Gasteiger partial charge on any atom is -0.526 e. The maximum atomic E-state index is 12.7. The summed E-state index contributed by atoms with van der Waals surface area (Å²) in [6.45, 7) is 7.33. The minimum atomic E-state index is -4.95. The smallest absolute Gasteiger partial charge is 0.526 e. The molecule has 31 heavy (non-hydrogen) atoms. The molecule has 0 bridgehead atoms. The third kappa shape index (κ3) is 7.80. The van der Waals surface area contributed by atoms with Crippen LogP contribution in [0.3, 0.4) is 0 Å². The Labute approximate surface area is 176 Å². The summed E-state index contributed by atoms with van der Waals surface area (Å²) in [5, 5.41) is 0. The van der Waals surface area contributed by atoms with Gasteiger partial charge in [-0.15, -0.1) is 26.3 Å². The number of halogens is 6. The van der Waals surface area contributed by atoms with Crippen LogP contribution in [0.2, 0.25) is 0 Å². The van der Waals surface area contributed by atoms with E-state index in [4.69, 9.17) is 9.31 Å². The fourth-order valence-corrected chi connectivity index (χ4v) is 2.57. The Bertz CT molecular complexity index is 809. The summed E-state index contributed by atoms with van der Waals surface area (Å²) in [6.07, 6.45) is -9.89. The average Bonchev–Trinajstić information content (AvgIpc) is 2.61. The van der Waals surface area contributed by atoms with E-state index in [-0.39, 0.29) is 23.3 Å². The summed E-state index contributed by atoms with van der Waals surface area (Å²) >= 11 is 0. The van der Waals surface area contributed by atoms with E-state index in [1.54, 1.807) is 0 Å². The van der Waals surface area contributed by atoms with Gasteiger partial charge in [-0.25, -0.2) is 0 Å². The molecule has 0 aliphatic carbocycles. The monoisotopic (exact) mass is 450 g/mol. The Morgan fingerprint density at radius 1 is 0.613 bits per heavy atom. The van der Waals surface area contributed by atoms with Crippen LogP contribution in [0.5, 0.6) is 23.0 Å². The zero-order valence-corrected chi connectivity index (χ0v) is 17.2. The highest BCUT2D eigenvalue weighted by molar-refractivity contribution is 6.21. The molecule has 2 aromatic rings. The van der Waals surface area contributed by atoms with E-state index in [1.807, 2.05) is 27.7 Å². The lowest BCUT2D eigenvalue weighted by Crippen LogP contribution is -2.20. The Kier molecular flexibility index (Phi) is 7.61. The molecule has 0 saturated heterocycles. The molecule has 0 spiro atoms. The van der Waals surface area contributed by atoms with Gasteiger partial charge in [-0.3, -0.25) is 0 Å². The SMILES string of the molecule is CC(C)c1ccc(OC(F)(F)F)c(OBOc2cc(C(C)C)ccc2OC(F)(F)F)c1. The highest BCUT2D eigenvalue weighted by Gasteiger charge is 2.34. The number of benzene rings is 2. The van der Waals surface area contributed by atoms with Gasteiger partial charge >= 0.3 is 20.4 Å². The first-order chi connectivity index (χ1) is 14.2. The second kappa shape index (κ2) is 9.61. The van der Waals surface area contributed by atoms with Crippen molar-refractivity contribution in [1.29, 1.82) is 0 Å². The lowest BCUT2D eigenvalue weighted by molar-refractivity contribution is -0.275. The maximum absolute atomic E-state index is 12.7. The molecule has 0 N–H and O–H groups in total. The minimum absolute atomic E-state index is 0.0160. The van der Waals surface area contributed by atoms with Crippen LogP contribution in [0.1, 0.15) is 50.7 Å². The van der Waals surface area contributed by atoms with E-state index in [0.717, 1.165) is 12.1 Å². The second-order valence-electron chi connectivity index (χ2n) is 7.22. The summed E-state index contributed by atoms with van der Waals surface area (Å²) in [5.74, 6) is -1.74. The number of alkyl halides is 6. The quantitative estimate of drug-likeness (QED) is 0.342. The lowest BCUT2D eigenvalue weighted by Gasteiger charge is -2.18. The highest BCUT2D eigenvalue weighted by atomic mass is 19.4. The van der Waals surface area contributed by atoms with E-state index >= 15 is 0 Å². The second-order valence-corrected chi connectivity index (χ2v) is 7.22. The fraction of sp³-hybridized carbons (Fsp3) is 0.400. The predicted octanol–water partition coefficient (Wildman–Crippen LogP) is 6.45. The molecule has 0 aromatic heterocycles. The van der Waals surface area contributed by atoms with E-state index in [9.17, 15) is 26.3 Å². The van der Waals surface area contributed by atoms with Gasteiger partial charge in [0.1, 0.15) is 11.5 Å². The topological polar surface area (TPSA) is 36.9 Å².